The number of rotatable bonds is 18. The summed E-state index contributed by atoms with van der Waals surface area (Å²) >= 11 is 0. The molecule has 0 aliphatic carbocycles. The zero-order valence-electron chi connectivity index (χ0n) is 16.5. The first kappa shape index (κ1) is 26.2. The lowest BCUT2D eigenvalue weighted by Crippen LogP contribution is -2.33. The lowest BCUT2D eigenvalue weighted by molar-refractivity contribution is 0.517. The van der Waals surface area contributed by atoms with Crippen LogP contribution in [0.15, 0.2) is 12.2 Å². The minimum atomic E-state index is 0. The third kappa shape index (κ3) is 21.9. The second-order valence-corrected chi connectivity index (χ2v) is 7.03. The van der Waals surface area contributed by atoms with Crippen LogP contribution in [0.5, 0.6) is 0 Å². The lowest BCUT2D eigenvalue weighted by Gasteiger charge is -2.10. The van der Waals surface area contributed by atoms with Gasteiger partial charge < -0.3 is 11.1 Å². The van der Waals surface area contributed by atoms with E-state index in [1.165, 1.54) is 89.9 Å². The first-order valence-corrected chi connectivity index (χ1v) is 10.4. The predicted octanol–water partition coefficient (Wildman–Crippen LogP) is 6.38. The van der Waals surface area contributed by atoms with E-state index in [9.17, 15) is 0 Å². The van der Waals surface area contributed by atoms with Gasteiger partial charge in [0.1, 0.15) is 0 Å². The summed E-state index contributed by atoms with van der Waals surface area (Å²) in [6.45, 7) is 6.30. The molecule has 0 aliphatic rings. The summed E-state index contributed by atoms with van der Waals surface area (Å²) in [6.07, 6.45) is 24.0. The average molecular weight is 361 g/mol. The van der Waals surface area contributed by atoms with Gasteiger partial charge in [0.25, 0.3) is 0 Å². The molecule has 0 saturated carbocycles. The molecular formula is C21H45ClN2. The summed E-state index contributed by atoms with van der Waals surface area (Å²) in [6, 6.07) is 0.470. The van der Waals surface area contributed by atoms with E-state index in [2.05, 4.69) is 31.3 Å². The van der Waals surface area contributed by atoms with Crippen LogP contribution in [0.25, 0.3) is 0 Å². The molecule has 0 rings (SSSR count). The summed E-state index contributed by atoms with van der Waals surface area (Å²) in [5.74, 6) is 0. The first-order valence-electron chi connectivity index (χ1n) is 10.4. The highest BCUT2D eigenvalue weighted by Crippen LogP contribution is 2.09. The van der Waals surface area contributed by atoms with E-state index in [1.807, 2.05) is 0 Å². The van der Waals surface area contributed by atoms with Crippen molar-refractivity contribution >= 4 is 12.4 Å². The van der Waals surface area contributed by atoms with Crippen LogP contribution in [0.1, 0.15) is 104 Å². The van der Waals surface area contributed by atoms with Gasteiger partial charge in [-0.15, -0.1) is 12.4 Å². The normalized spacial score (nSPS) is 12.5. The number of allylic oxidation sites excluding steroid dienone is 2. The van der Waals surface area contributed by atoms with E-state index in [-0.39, 0.29) is 12.4 Å². The van der Waals surface area contributed by atoms with E-state index in [0.717, 1.165) is 13.1 Å². The molecule has 3 heteroatoms. The molecule has 0 aromatic carbocycles. The number of nitrogens with two attached hydrogens (primary N) is 1. The lowest BCUT2D eigenvalue weighted by atomic mass is 10.1. The Bertz CT molecular complexity index is 244. The molecule has 0 radical (unpaired) electrons. The Kier molecular flexibility index (Phi) is 25.0. The molecule has 0 spiro atoms. The van der Waals surface area contributed by atoms with Crippen LogP contribution < -0.4 is 11.1 Å². The minimum absolute atomic E-state index is 0. The topological polar surface area (TPSA) is 38.0 Å². The van der Waals surface area contributed by atoms with E-state index in [1.54, 1.807) is 0 Å². The van der Waals surface area contributed by atoms with Gasteiger partial charge in [-0.2, -0.15) is 0 Å². The predicted molar refractivity (Wildman–Crippen MR) is 113 cm³/mol. The highest BCUT2D eigenvalue weighted by atomic mass is 35.5. The van der Waals surface area contributed by atoms with Crippen molar-refractivity contribution in [1.82, 2.24) is 5.32 Å². The van der Waals surface area contributed by atoms with Crippen LogP contribution in [0.3, 0.4) is 0 Å². The molecule has 146 valence electrons. The molecule has 0 saturated heterocycles. The maximum absolute atomic E-state index is 5.58. The van der Waals surface area contributed by atoms with Gasteiger partial charge in [-0.3, -0.25) is 0 Å². The van der Waals surface area contributed by atoms with Crippen LogP contribution in [0.2, 0.25) is 0 Å². The van der Waals surface area contributed by atoms with Gasteiger partial charge in [0.2, 0.25) is 0 Å². The summed E-state index contributed by atoms with van der Waals surface area (Å²) in [7, 11) is 0. The molecule has 1 unspecified atom stereocenters. The minimum Gasteiger partial charge on any atom is -0.329 e. The molecule has 0 fully saturated rings. The van der Waals surface area contributed by atoms with Gasteiger partial charge in [0.05, 0.1) is 0 Å². The van der Waals surface area contributed by atoms with Gasteiger partial charge in [0, 0.05) is 12.6 Å². The van der Waals surface area contributed by atoms with Crippen molar-refractivity contribution in [3.8, 4) is 0 Å². The highest BCUT2D eigenvalue weighted by Gasteiger charge is 1.96. The number of hydrogen-bond donors (Lipinski definition) is 2. The number of hydrogen-bond acceptors (Lipinski definition) is 2. The zero-order valence-corrected chi connectivity index (χ0v) is 17.3. The van der Waals surface area contributed by atoms with Crippen LogP contribution in [-0.2, 0) is 0 Å². The third-order valence-corrected chi connectivity index (χ3v) is 4.53. The summed E-state index contributed by atoms with van der Waals surface area (Å²) < 4.78 is 0. The quantitative estimate of drug-likeness (QED) is 0.220. The Hall–Kier alpha value is -0.0500. The maximum atomic E-state index is 5.58. The highest BCUT2D eigenvalue weighted by molar-refractivity contribution is 5.85. The Morgan fingerprint density at radius 2 is 1.21 bits per heavy atom. The van der Waals surface area contributed by atoms with Gasteiger partial charge in [-0.25, -0.2) is 0 Å². The summed E-state index contributed by atoms with van der Waals surface area (Å²) in [5.41, 5.74) is 5.58. The van der Waals surface area contributed by atoms with Crippen molar-refractivity contribution in [3.05, 3.63) is 12.2 Å². The Balaban J connectivity index is 0. The van der Waals surface area contributed by atoms with Crippen molar-refractivity contribution in [2.75, 3.05) is 13.1 Å². The monoisotopic (exact) mass is 360 g/mol. The molecule has 0 amide bonds. The summed E-state index contributed by atoms with van der Waals surface area (Å²) in [5, 5.41) is 3.45. The zero-order chi connectivity index (χ0) is 17.0. The van der Waals surface area contributed by atoms with Gasteiger partial charge >= 0.3 is 0 Å². The number of unbranched alkanes of at least 4 members (excludes halogenated alkanes) is 12. The molecule has 0 aromatic heterocycles. The number of nitrogens with one attached hydrogen (secondary N) is 1. The SMILES string of the molecule is CCCCCCCC/C=C\CCCCCCCCNC(C)CN.Cl. The molecule has 24 heavy (non-hydrogen) atoms. The smallest absolute Gasteiger partial charge is 0.0161 e. The van der Waals surface area contributed by atoms with Crippen LogP contribution in [-0.4, -0.2) is 19.1 Å². The second kappa shape index (κ2) is 22.9. The van der Waals surface area contributed by atoms with Crippen LogP contribution >= 0.6 is 12.4 Å². The van der Waals surface area contributed by atoms with Gasteiger partial charge in [-0.1, -0.05) is 76.9 Å². The van der Waals surface area contributed by atoms with Crippen molar-refractivity contribution in [3.63, 3.8) is 0 Å². The first-order chi connectivity index (χ1) is 11.3. The molecule has 2 nitrogen and oxygen atoms in total. The molecular weight excluding hydrogens is 316 g/mol. The largest absolute Gasteiger partial charge is 0.329 e. The van der Waals surface area contributed by atoms with Crippen molar-refractivity contribution < 1.29 is 0 Å². The van der Waals surface area contributed by atoms with Gasteiger partial charge in [0.15, 0.2) is 0 Å². The van der Waals surface area contributed by atoms with E-state index in [0.29, 0.717) is 6.04 Å². The standard InChI is InChI=1S/C21H44N2.ClH/c1-3-4-5-6-7-8-9-10-11-12-13-14-15-16-17-18-19-23-21(2)20-22;/h10-11,21,23H,3-9,12-20,22H2,1-2H3;1H/b11-10-;. The van der Waals surface area contributed by atoms with Crippen molar-refractivity contribution in [2.45, 2.75) is 110 Å². The second-order valence-electron chi connectivity index (χ2n) is 7.03. The fourth-order valence-corrected chi connectivity index (χ4v) is 2.80. The Morgan fingerprint density at radius 1 is 0.750 bits per heavy atom. The molecule has 0 aromatic rings. The maximum Gasteiger partial charge on any atom is 0.0161 e. The number of halogens is 1. The average Bonchev–Trinajstić information content (AvgIpc) is 2.57. The van der Waals surface area contributed by atoms with Gasteiger partial charge in [-0.05, 0) is 45.6 Å². The van der Waals surface area contributed by atoms with Crippen molar-refractivity contribution in [1.29, 1.82) is 0 Å². The Morgan fingerprint density at radius 3 is 1.71 bits per heavy atom. The van der Waals surface area contributed by atoms with E-state index >= 15 is 0 Å². The van der Waals surface area contributed by atoms with E-state index < -0.39 is 0 Å². The fraction of sp³-hybridized carbons (Fsp3) is 0.905. The molecule has 0 heterocycles. The van der Waals surface area contributed by atoms with E-state index in [4.69, 9.17) is 5.73 Å². The molecule has 1 atom stereocenters. The molecule has 3 N–H and O–H groups in total. The molecule has 0 aliphatic heterocycles. The molecule has 0 bridgehead atoms. The summed E-state index contributed by atoms with van der Waals surface area (Å²) in [4.78, 5) is 0. The Labute approximate surface area is 158 Å². The fourth-order valence-electron chi connectivity index (χ4n) is 2.80. The third-order valence-electron chi connectivity index (χ3n) is 4.53. The van der Waals surface area contributed by atoms with Crippen LogP contribution in [0, 0.1) is 0 Å². The van der Waals surface area contributed by atoms with Crippen LogP contribution in [0.4, 0.5) is 0 Å². The van der Waals surface area contributed by atoms with Crippen molar-refractivity contribution in [2.24, 2.45) is 5.73 Å².